The van der Waals surface area contributed by atoms with Gasteiger partial charge in [0.05, 0.1) is 0 Å². The fourth-order valence-corrected chi connectivity index (χ4v) is 2.45. The minimum Gasteiger partial charge on any atom is -0.330 e. The van der Waals surface area contributed by atoms with E-state index in [-0.39, 0.29) is 0 Å². The van der Waals surface area contributed by atoms with Crippen LogP contribution in [0.2, 0.25) is 0 Å². The second kappa shape index (κ2) is 6.18. The number of carbonyl (C=O) groups is 1. The molecule has 0 radical (unpaired) electrons. The van der Waals surface area contributed by atoms with Gasteiger partial charge in [-0.05, 0) is 31.7 Å². The molecule has 0 aromatic carbocycles. The van der Waals surface area contributed by atoms with Gasteiger partial charge in [0.15, 0.2) is 0 Å². The number of Topliss-reactive ketones (excluding diaryl/α,β-unsaturated/α-hetero) is 1. The van der Waals surface area contributed by atoms with E-state index in [0.717, 1.165) is 25.7 Å². The largest absolute Gasteiger partial charge is 0.330 e. The van der Waals surface area contributed by atoms with E-state index < -0.39 is 0 Å². The van der Waals surface area contributed by atoms with E-state index in [2.05, 4.69) is 6.92 Å². The molecule has 14 heavy (non-hydrogen) atoms. The number of hydrogen-bond acceptors (Lipinski definition) is 2. The summed E-state index contributed by atoms with van der Waals surface area (Å²) in [5.74, 6) is 1.25. The molecule has 0 spiro atoms. The highest BCUT2D eigenvalue weighted by Crippen LogP contribution is 2.31. The van der Waals surface area contributed by atoms with Crippen molar-refractivity contribution in [3.05, 3.63) is 0 Å². The molecule has 0 saturated heterocycles. The minimum atomic E-state index is 0.292. The summed E-state index contributed by atoms with van der Waals surface area (Å²) >= 11 is 0. The maximum Gasteiger partial charge on any atom is 0.136 e. The third kappa shape index (κ3) is 3.09. The molecule has 2 N–H and O–H groups in total. The van der Waals surface area contributed by atoms with Crippen LogP contribution in [0.25, 0.3) is 0 Å². The number of unbranched alkanes of at least 4 members (excludes halogenated alkanes) is 1. The van der Waals surface area contributed by atoms with Crippen molar-refractivity contribution in [3.8, 4) is 0 Å². The van der Waals surface area contributed by atoms with Gasteiger partial charge in [-0.2, -0.15) is 0 Å². The molecule has 0 bridgehead atoms. The Hall–Kier alpha value is -0.370. The fraction of sp³-hybridized carbons (Fsp3) is 0.917. The van der Waals surface area contributed by atoms with Crippen LogP contribution in [-0.2, 0) is 4.79 Å². The molecular weight excluding hydrogens is 174 g/mol. The van der Waals surface area contributed by atoms with Gasteiger partial charge in [0.25, 0.3) is 0 Å². The van der Waals surface area contributed by atoms with Crippen LogP contribution in [0, 0.1) is 11.8 Å². The molecule has 0 aromatic heterocycles. The molecule has 1 aliphatic rings. The molecule has 2 heteroatoms. The summed E-state index contributed by atoms with van der Waals surface area (Å²) in [6.07, 6.45) is 7.68. The Morgan fingerprint density at radius 2 is 2.07 bits per heavy atom. The molecule has 2 atom stereocenters. The third-order valence-corrected chi connectivity index (χ3v) is 3.40. The Morgan fingerprint density at radius 1 is 1.36 bits per heavy atom. The Bertz CT molecular complexity index is 179. The van der Waals surface area contributed by atoms with Gasteiger partial charge in [-0.25, -0.2) is 0 Å². The molecule has 2 nitrogen and oxygen atoms in total. The van der Waals surface area contributed by atoms with Crippen molar-refractivity contribution < 1.29 is 4.79 Å². The van der Waals surface area contributed by atoms with Crippen molar-refractivity contribution in [2.75, 3.05) is 6.54 Å². The van der Waals surface area contributed by atoms with Crippen molar-refractivity contribution in [1.29, 1.82) is 0 Å². The first-order valence-electron chi connectivity index (χ1n) is 6.02. The van der Waals surface area contributed by atoms with Crippen LogP contribution >= 0.6 is 0 Å². The molecule has 0 aromatic rings. The van der Waals surface area contributed by atoms with Crippen LogP contribution in [0.3, 0.4) is 0 Å². The standard InChI is InChI=1S/C12H23NO/c1-2-3-8-12(14)11-7-5-4-6-10(11)9-13/h10-11H,2-9,13H2,1H3. The Kier molecular flexibility index (Phi) is 5.16. The zero-order valence-electron chi connectivity index (χ0n) is 9.30. The van der Waals surface area contributed by atoms with Crippen molar-refractivity contribution >= 4 is 5.78 Å². The van der Waals surface area contributed by atoms with Crippen molar-refractivity contribution in [3.63, 3.8) is 0 Å². The first kappa shape index (κ1) is 11.7. The van der Waals surface area contributed by atoms with Crippen molar-refractivity contribution in [1.82, 2.24) is 0 Å². The quantitative estimate of drug-likeness (QED) is 0.736. The minimum absolute atomic E-state index is 0.292. The van der Waals surface area contributed by atoms with Crippen LogP contribution in [0.15, 0.2) is 0 Å². The van der Waals surface area contributed by atoms with Gasteiger partial charge < -0.3 is 5.73 Å². The lowest BCUT2D eigenvalue weighted by atomic mass is 9.76. The van der Waals surface area contributed by atoms with Gasteiger partial charge in [-0.3, -0.25) is 4.79 Å². The Morgan fingerprint density at radius 3 is 2.71 bits per heavy atom. The molecule has 0 aliphatic heterocycles. The van der Waals surface area contributed by atoms with Crippen LogP contribution in [0.5, 0.6) is 0 Å². The normalized spacial score (nSPS) is 27.6. The average Bonchev–Trinajstić information content (AvgIpc) is 2.25. The SMILES string of the molecule is CCCCC(=O)C1CCCCC1CN. The van der Waals surface area contributed by atoms with Crippen molar-refractivity contribution in [2.24, 2.45) is 17.6 Å². The van der Waals surface area contributed by atoms with Crippen LogP contribution in [0.4, 0.5) is 0 Å². The van der Waals surface area contributed by atoms with E-state index in [9.17, 15) is 4.79 Å². The summed E-state index contributed by atoms with van der Waals surface area (Å²) in [6.45, 7) is 2.83. The Balaban J connectivity index is 2.41. The van der Waals surface area contributed by atoms with E-state index in [1.165, 1.54) is 19.3 Å². The van der Waals surface area contributed by atoms with Gasteiger partial charge in [-0.1, -0.05) is 26.2 Å². The predicted molar refractivity (Wildman–Crippen MR) is 59.0 cm³/mol. The zero-order chi connectivity index (χ0) is 10.4. The first-order valence-corrected chi connectivity index (χ1v) is 6.02. The van der Waals surface area contributed by atoms with Gasteiger partial charge in [-0.15, -0.1) is 0 Å². The van der Waals surface area contributed by atoms with E-state index in [4.69, 9.17) is 5.73 Å². The number of rotatable bonds is 5. The molecule has 1 fully saturated rings. The van der Waals surface area contributed by atoms with E-state index in [0.29, 0.717) is 24.2 Å². The number of nitrogens with two attached hydrogens (primary N) is 1. The Labute approximate surface area is 87.2 Å². The molecule has 1 rings (SSSR count). The molecule has 1 aliphatic carbocycles. The fourth-order valence-electron chi connectivity index (χ4n) is 2.45. The topological polar surface area (TPSA) is 43.1 Å². The molecule has 1 saturated carbocycles. The predicted octanol–water partition coefficient (Wildman–Crippen LogP) is 2.51. The number of carbonyl (C=O) groups excluding carboxylic acids is 1. The highest BCUT2D eigenvalue weighted by Gasteiger charge is 2.28. The van der Waals surface area contributed by atoms with Crippen LogP contribution in [-0.4, -0.2) is 12.3 Å². The van der Waals surface area contributed by atoms with Crippen LogP contribution in [0.1, 0.15) is 51.9 Å². The lowest BCUT2D eigenvalue weighted by Gasteiger charge is -2.29. The summed E-state index contributed by atoms with van der Waals surface area (Å²) in [4.78, 5) is 11.9. The highest BCUT2D eigenvalue weighted by atomic mass is 16.1. The molecule has 2 unspecified atom stereocenters. The lowest BCUT2D eigenvalue weighted by Crippen LogP contribution is -2.32. The summed E-state index contributed by atoms with van der Waals surface area (Å²) in [6, 6.07) is 0. The summed E-state index contributed by atoms with van der Waals surface area (Å²) in [7, 11) is 0. The van der Waals surface area contributed by atoms with Gasteiger partial charge in [0, 0.05) is 12.3 Å². The van der Waals surface area contributed by atoms with Gasteiger partial charge in [0.2, 0.25) is 0 Å². The second-order valence-electron chi connectivity index (χ2n) is 4.46. The first-order chi connectivity index (χ1) is 6.79. The summed E-state index contributed by atoms with van der Waals surface area (Å²) in [5, 5.41) is 0. The molecule has 0 amide bonds. The summed E-state index contributed by atoms with van der Waals surface area (Å²) < 4.78 is 0. The molecule has 82 valence electrons. The maximum absolute atomic E-state index is 11.9. The molecular formula is C12H23NO. The van der Waals surface area contributed by atoms with E-state index in [1.54, 1.807) is 0 Å². The second-order valence-corrected chi connectivity index (χ2v) is 4.46. The van der Waals surface area contributed by atoms with Crippen molar-refractivity contribution in [2.45, 2.75) is 51.9 Å². The number of ketones is 1. The van der Waals surface area contributed by atoms with Crippen LogP contribution < -0.4 is 5.73 Å². The monoisotopic (exact) mass is 197 g/mol. The third-order valence-electron chi connectivity index (χ3n) is 3.40. The molecule has 0 heterocycles. The van der Waals surface area contributed by atoms with Gasteiger partial charge in [0.1, 0.15) is 5.78 Å². The number of hydrogen-bond donors (Lipinski definition) is 1. The average molecular weight is 197 g/mol. The van der Waals surface area contributed by atoms with Gasteiger partial charge >= 0.3 is 0 Å². The van der Waals surface area contributed by atoms with E-state index in [1.807, 2.05) is 0 Å². The smallest absolute Gasteiger partial charge is 0.136 e. The highest BCUT2D eigenvalue weighted by molar-refractivity contribution is 5.81. The summed E-state index contributed by atoms with van der Waals surface area (Å²) in [5.41, 5.74) is 5.71. The maximum atomic E-state index is 11.9. The lowest BCUT2D eigenvalue weighted by molar-refractivity contribution is -0.125. The van der Waals surface area contributed by atoms with E-state index >= 15 is 0 Å². The zero-order valence-corrected chi connectivity index (χ0v) is 9.30.